The first-order chi connectivity index (χ1) is 10.8. The van der Waals surface area contributed by atoms with Gasteiger partial charge in [0.15, 0.2) is 0 Å². The van der Waals surface area contributed by atoms with Crippen molar-refractivity contribution in [2.45, 2.75) is 12.5 Å². The first kappa shape index (κ1) is 20.8. The molecule has 0 aromatic heterocycles. The van der Waals surface area contributed by atoms with Crippen LogP contribution in [0.3, 0.4) is 0 Å². The molecule has 0 amide bonds. The molecule has 3 nitrogen and oxygen atoms in total. The number of nitrogens with one attached hydrogen (secondary N) is 1. The van der Waals surface area contributed by atoms with E-state index in [0.717, 1.165) is 38.3 Å². The molecule has 0 spiro atoms. The fraction of sp³-hybridized carbons (Fsp3) is 0.368. The Bertz CT molecular complexity index is 657. The van der Waals surface area contributed by atoms with E-state index in [1.54, 1.807) is 7.11 Å². The van der Waals surface area contributed by atoms with E-state index < -0.39 is 0 Å². The van der Waals surface area contributed by atoms with E-state index in [9.17, 15) is 0 Å². The Labute approximate surface area is 156 Å². The molecule has 0 radical (unpaired) electrons. The van der Waals surface area contributed by atoms with Crippen molar-refractivity contribution in [3.05, 3.63) is 54.6 Å². The number of ether oxygens (including phenoxy) is 1. The summed E-state index contributed by atoms with van der Waals surface area (Å²) in [5.74, 6) is 0.942. The van der Waals surface area contributed by atoms with Crippen molar-refractivity contribution in [1.29, 1.82) is 0 Å². The van der Waals surface area contributed by atoms with Gasteiger partial charge in [0.2, 0.25) is 0 Å². The Kier molecular flexibility index (Phi) is 8.57. The molecule has 1 fully saturated rings. The number of hydrogen-bond donors (Lipinski definition) is 1. The van der Waals surface area contributed by atoms with Gasteiger partial charge in [0.1, 0.15) is 5.75 Å². The number of methoxy groups -OCH3 is 1. The second-order valence-corrected chi connectivity index (χ2v) is 5.73. The zero-order chi connectivity index (χ0) is 15.4. The number of hydrogen-bond acceptors (Lipinski definition) is 3. The molecule has 1 atom stereocenters. The molecule has 2 aromatic rings. The van der Waals surface area contributed by atoms with E-state index in [4.69, 9.17) is 4.74 Å². The van der Waals surface area contributed by atoms with Crippen LogP contribution in [0.15, 0.2) is 49.1 Å². The second-order valence-electron chi connectivity index (χ2n) is 5.73. The smallest absolute Gasteiger partial charge is 0.126 e. The number of benzene rings is 2. The lowest BCUT2D eigenvalue weighted by atomic mass is 9.94. The maximum Gasteiger partial charge on any atom is 0.126 e. The van der Waals surface area contributed by atoms with Crippen molar-refractivity contribution in [2.24, 2.45) is 0 Å². The normalized spacial score (nSPS) is 15.9. The maximum atomic E-state index is 5.52. The Morgan fingerprint density at radius 2 is 1.79 bits per heavy atom. The van der Waals surface area contributed by atoms with Crippen LogP contribution in [0, 0.1) is 0 Å². The second kappa shape index (κ2) is 9.90. The van der Waals surface area contributed by atoms with Crippen molar-refractivity contribution in [2.75, 3.05) is 33.3 Å². The highest BCUT2D eigenvalue weighted by atomic mass is 35.5. The molecule has 1 aliphatic rings. The predicted molar refractivity (Wildman–Crippen MR) is 107 cm³/mol. The van der Waals surface area contributed by atoms with Gasteiger partial charge in [-0.15, -0.1) is 31.4 Å². The fourth-order valence-electron chi connectivity index (χ4n) is 3.39. The molecule has 3 rings (SSSR count). The van der Waals surface area contributed by atoms with Crippen LogP contribution >= 0.6 is 24.8 Å². The quantitative estimate of drug-likeness (QED) is 0.799. The van der Waals surface area contributed by atoms with Gasteiger partial charge in [0.05, 0.1) is 7.11 Å². The SMILES string of the molecule is C=CC[C@@H](c1ccc(OC)c2ccccc12)N1CCNCC1.Cl.Cl. The number of piperazine rings is 1. The molecule has 1 N–H and O–H groups in total. The first-order valence-corrected chi connectivity index (χ1v) is 7.96. The van der Waals surface area contributed by atoms with Crippen LogP contribution in [0.5, 0.6) is 5.75 Å². The first-order valence-electron chi connectivity index (χ1n) is 7.96. The summed E-state index contributed by atoms with van der Waals surface area (Å²) in [6.45, 7) is 8.25. The van der Waals surface area contributed by atoms with E-state index in [1.165, 1.54) is 16.3 Å². The third-order valence-electron chi connectivity index (χ3n) is 4.48. The number of rotatable bonds is 5. The molecule has 132 valence electrons. The minimum absolute atomic E-state index is 0. The standard InChI is InChI=1S/C19H24N2O.2ClH/c1-3-6-18(21-13-11-20-12-14-21)16-9-10-19(22-2)17-8-5-4-7-15(16)17;;/h3-5,7-10,18,20H,1,6,11-14H2,2H3;2*1H/t18-;;/m0../s1. The van der Waals surface area contributed by atoms with Gasteiger partial charge < -0.3 is 10.1 Å². The molecule has 5 heteroatoms. The minimum atomic E-state index is 0. The Morgan fingerprint density at radius 3 is 2.42 bits per heavy atom. The molecule has 24 heavy (non-hydrogen) atoms. The van der Waals surface area contributed by atoms with Crippen molar-refractivity contribution in [1.82, 2.24) is 10.2 Å². The van der Waals surface area contributed by atoms with E-state index >= 15 is 0 Å². The van der Waals surface area contributed by atoms with Gasteiger partial charge in [-0.25, -0.2) is 0 Å². The van der Waals surface area contributed by atoms with Crippen LogP contribution < -0.4 is 10.1 Å². The summed E-state index contributed by atoms with van der Waals surface area (Å²) in [4.78, 5) is 2.56. The molecule has 1 heterocycles. The Hall–Kier alpha value is -1.26. The topological polar surface area (TPSA) is 24.5 Å². The molecule has 2 aromatic carbocycles. The molecule has 1 aliphatic heterocycles. The van der Waals surface area contributed by atoms with Crippen LogP contribution in [-0.4, -0.2) is 38.2 Å². The van der Waals surface area contributed by atoms with Gasteiger partial charge >= 0.3 is 0 Å². The molecule has 0 saturated carbocycles. The zero-order valence-electron chi connectivity index (χ0n) is 14.0. The summed E-state index contributed by atoms with van der Waals surface area (Å²) < 4.78 is 5.52. The summed E-state index contributed by atoms with van der Waals surface area (Å²) in [6, 6.07) is 13.2. The third-order valence-corrected chi connectivity index (χ3v) is 4.48. The Morgan fingerprint density at radius 1 is 1.12 bits per heavy atom. The average Bonchev–Trinajstić information content (AvgIpc) is 2.60. The van der Waals surface area contributed by atoms with Gasteiger partial charge in [-0.1, -0.05) is 36.4 Å². The lowest BCUT2D eigenvalue weighted by molar-refractivity contribution is 0.175. The van der Waals surface area contributed by atoms with E-state index in [1.807, 2.05) is 6.08 Å². The highest BCUT2D eigenvalue weighted by Gasteiger charge is 2.23. The van der Waals surface area contributed by atoms with Crippen LogP contribution in [0.4, 0.5) is 0 Å². The molecule has 0 unspecified atom stereocenters. The zero-order valence-corrected chi connectivity index (χ0v) is 15.7. The molecule has 0 bridgehead atoms. The summed E-state index contributed by atoms with van der Waals surface area (Å²) in [5, 5.41) is 5.90. The van der Waals surface area contributed by atoms with Crippen molar-refractivity contribution in [3.8, 4) is 5.75 Å². The van der Waals surface area contributed by atoms with Crippen LogP contribution in [0.1, 0.15) is 18.0 Å². The number of nitrogens with zero attached hydrogens (tertiary/aromatic N) is 1. The largest absolute Gasteiger partial charge is 0.496 e. The van der Waals surface area contributed by atoms with Crippen molar-refractivity contribution < 1.29 is 4.74 Å². The van der Waals surface area contributed by atoms with Crippen LogP contribution in [0.2, 0.25) is 0 Å². The maximum absolute atomic E-state index is 5.52. The highest BCUT2D eigenvalue weighted by Crippen LogP contribution is 2.35. The van der Waals surface area contributed by atoms with E-state index in [-0.39, 0.29) is 24.8 Å². The third kappa shape index (κ3) is 4.22. The van der Waals surface area contributed by atoms with Crippen molar-refractivity contribution in [3.63, 3.8) is 0 Å². The van der Waals surface area contributed by atoms with Gasteiger partial charge in [-0.2, -0.15) is 0 Å². The molecule has 1 saturated heterocycles. The van der Waals surface area contributed by atoms with Gasteiger partial charge in [-0.3, -0.25) is 4.90 Å². The molecule has 0 aliphatic carbocycles. The Balaban J connectivity index is 0.00000144. The summed E-state index contributed by atoms with van der Waals surface area (Å²) in [5.41, 5.74) is 1.37. The number of fused-ring (bicyclic) bond motifs is 1. The van der Waals surface area contributed by atoms with Gasteiger partial charge in [0.25, 0.3) is 0 Å². The lowest BCUT2D eigenvalue weighted by Crippen LogP contribution is -2.45. The van der Waals surface area contributed by atoms with E-state index in [0.29, 0.717) is 6.04 Å². The number of halogens is 2. The monoisotopic (exact) mass is 368 g/mol. The highest BCUT2D eigenvalue weighted by molar-refractivity contribution is 5.91. The van der Waals surface area contributed by atoms with E-state index in [2.05, 4.69) is 53.2 Å². The summed E-state index contributed by atoms with van der Waals surface area (Å²) in [7, 11) is 1.74. The van der Waals surface area contributed by atoms with Crippen LogP contribution in [0.25, 0.3) is 10.8 Å². The van der Waals surface area contributed by atoms with Gasteiger partial charge in [0, 0.05) is 37.6 Å². The summed E-state index contributed by atoms with van der Waals surface area (Å²) in [6.07, 6.45) is 3.00. The molecular formula is C19H26Cl2N2O. The van der Waals surface area contributed by atoms with Crippen molar-refractivity contribution >= 4 is 35.6 Å². The average molecular weight is 369 g/mol. The minimum Gasteiger partial charge on any atom is -0.496 e. The summed E-state index contributed by atoms with van der Waals surface area (Å²) >= 11 is 0. The predicted octanol–water partition coefficient (Wildman–Crippen LogP) is 4.21. The lowest BCUT2D eigenvalue weighted by Gasteiger charge is -2.35. The van der Waals surface area contributed by atoms with Crippen LogP contribution in [-0.2, 0) is 0 Å². The molecular weight excluding hydrogens is 343 g/mol. The fourth-order valence-corrected chi connectivity index (χ4v) is 3.39. The van der Waals surface area contributed by atoms with Gasteiger partial charge in [-0.05, 0) is 23.4 Å².